The summed E-state index contributed by atoms with van der Waals surface area (Å²) in [7, 11) is 0. The van der Waals surface area contributed by atoms with Crippen molar-refractivity contribution in [3.05, 3.63) is 0 Å². The highest BCUT2D eigenvalue weighted by molar-refractivity contribution is 5.71. The van der Waals surface area contributed by atoms with Gasteiger partial charge in [0.15, 0.2) is 0 Å². The highest BCUT2D eigenvalue weighted by atomic mass is 16.6. The maximum Gasteiger partial charge on any atom is 0.332 e. The standard InChI is InChI=1S/C13H26O3/c1-6-7-8-9-13(4,5)16-12(14)10-15-11(2)3/h11H,6-10H2,1-5H3. The summed E-state index contributed by atoms with van der Waals surface area (Å²) in [6.07, 6.45) is 4.44. The van der Waals surface area contributed by atoms with E-state index in [1.807, 2.05) is 27.7 Å². The number of unbranched alkanes of at least 4 members (excludes halogenated alkanes) is 2. The van der Waals surface area contributed by atoms with Crippen LogP contribution in [0.1, 0.15) is 60.3 Å². The van der Waals surface area contributed by atoms with Gasteiger partial charge in [-0.25, -0.2) is 4.79 Å². The van der Waals surface area contributed by atoms with Crippen molar-refractivity contribution in [2.24, 2.45) is 0 Å². The topological polar surface area (TPSA) is 35.5 Å². The van der Waals surface area contributed by atoms with Gasteiger partial charge in [0, 0.05) is 0 Å². The Morgan fingerprint density at radius 2 is 1.88 bits per heavy atom. The number of hydrogen-bond acceptors (Lipinski definition) is 3. The summed E-state index contributed by atoms with van der Waals surface area (Å²) >= 11 is 0. The zero-order valence-corrected chi connectivity index (χ0v) is 11.3. The van der Waals surface area contributed by atoms with E-state index in [-0.39, 0.29) is 24.3 Å². The first kappa shape index (κ1) is 15.4. The van der Waals surface area contributed by atoms with Crippen molar-refractivity contribution in [3.8, 4) is 0 Å². The minimum atomic E-state index is -0.368. The third-order valence-corrected chi connectivity index (χ3v) is 2.31. The van der Waals surface area contributed by atoms with E-state index in [4.69, 9.17) is 9.47 Å². The van der Waals surface area contributed by atoms with E-state index in [2.05, 4.69) is 6.92 Å². The summed E-state index contributed by atoms with van der Waals surface area (Å²) in [5.74, 6) is -0.268. The van der Waals surface area contributed by atoms with Gasteiger partial charge in [-0.05, 0) is 40.5 Å². The smallest absolute Gasteiger partial charge is 0.332 e. The molecule has 0 aliphatic carbocycles. The molecule has 0 bridgehead atoms. The zero-order chi connectivity index (χ0) is 12.6. The van der Waals surface area contributed by atoms with Crippen LogP contribution in [0.25, 0.3) is 0 Å². The fraction of sp³-hybridized carbons (Fsp3) is 0.923. The van der Waals surface area contributed by atoms with Crippen molar-refractivity contribution in [2.45, 2.75) is 72.0 Å². The van der Waals surface area contributed by atoms with Crippen LogP contribution in [0, 0.1) is 0 Å². The Hall–Kier alpha value is -0.570. The lowest BCUT2D eigenvalue weighted by Gasteiger charge is -2.25. The molecule has 0 aliphatic rings. The molecule has 0 radical (unpaired) electrons. The van der Waals surface area contributed by atoms with Crippen LogP contribution in [0.5, 0.6) is 0 Å². The molecule has 0 unspecified atom stereocenters. The van der Waals surface area contributed by atoms with Gasteiger partial charge >= 0.3 is 5.97 Å². The summed E-state index contributed by atoms with van der Waals surface area (Å²) in [5.41, 5.74) is -0.368. The highest BCUT2D eigenvalue weighted by Gasteiger charge is 2.22. The molecule has 0 aromatic carbocycles. The van der Waals surface area contributed by atoms with Crippen molar-refractivity contribution in [1.82, 2.24) is 0 Å². The van der Waals surface area contributed by atoms with Crippen molar-refractivity contribution in [2.75, 3.05) is 6.61 Å². The Balaban J connectivity index is 3.81. The molecule has 0 saturated carbocycles. The second-order valence-electron chi connectivity index (χ2n) is 5.05. The Labute approximate surface area is 99.5 Å². The first-order valence-corrected chi connectivity index (χ1v) is 6.21. The van der Waals surface area contributed by atoms with Crippen molar-refractivity contribution >= 4 is 5.97 Å². The molecule has 0 fully saturated rings. The minimum absolute atomic E-state index is 0.0505. The predicted molar refractivity (Wildman–Crippen MR) is 65.4 cm³/mol. The number of carbonyl (C=O) groups is 1. The van der Waals surface area contributed by atoms with Gasteiger partial charge in [-0.3, -0.25) is 0 Å². The van der Waals surface area contributed by atoms with Gasteiger partial charge in [0.2, 0.25) is 0 Å². The third kappa shape index (κ3) is 8.72. The monoisotopic (exact) mass is 230 g/mol. The second-order valence-corrected chi connectivity index (χ2v) is 5.05. The normalized spacial score (nSPS) is 11.9. The van der Waals surface area contributed by atoms with E-state index >= 15 is 0 Å². The van der Waals surface area contributed by atoms with Gasteiger partial charge in [-0.15, -0.1) is 0 Å². The fourth-order valence-electron chi connectivity index (χ4n) is 1.42. The van der Waals surface area contributed by atoms with Crippen molar-refractivity contribution in [3.63, 3.8) is 0 Å². The minimum Gasteiger partial charge on any atom is -0.458 e. The first-order chi connectivity index (χ1) is 7.37. The molecule has 0 atom stereocenters. The van der Waals surface area contributed by atoms with Gasteiger partial charge in [0.1, 0.15) is 12.2 Å². The third-order valence-electron chi connectivity index (χ3n) is 2.31. The number of esters is 1. The molecular formula is C13H26O3. The van der Waals surface area contributed by atoms with Crippen LogP contribution in [-0.2, 0) is 14.3 Å². The van der Waals surface area contributed by atoms with E-state index < -0.39 is 0 Å². The number of hydrogen-bond donors (Lipinski definition) is 0. The van der Waals surface area contributed by atoms with E-state index in [0.29, 0.717) is 0 Å². The van der Waals surface area contributed by atoms with Crippen molar-refractivity contribution < 1.29 is 14.3 Å². The van der Waals surface area contributed by atoms with Crippen LogP contribution < -0.4 is 0 Å². The molecule has 3 nitrogen and oxygen atoms in total. The summed E-state index contributed by atoms with van der Waals surface area (Å²) in [6.45, 7) is 9.93. The van der Waals surface area contributed by atoms with Crippen LogP contribution in [0.2, 0.25) is 0 Å². The summed E-state index contributed by atoms with van der Waals surface area (Å²) in [6, 6.07) is 0. The first-order valence-electron chi connectivity index (χ1n) is 6.21. The summed E-state index contributed by atoms with van der Waals surface area (Å²) in [5, 5.41) is 0. The number of ether oxygens (including phenoxy) is 2. The zero-order valence-electron chi connectivity index (χ0n) is 11.3. The molecule has 0 heterocycles. The lowest BCUT2D eigenvalue weighted by Crippen LogP contribution is -2.30. The fourth-order valence-corrected chi connectivity index (χ4v) is 1.42. The van der Waals surface area contributed by atoms with Crippen LogP contribution in [0.15, 0.2) is 0 Å². The largest absolute Gasteiger partial charge is 0.458 e. The maximum atomic E-state index is 11.4. The quantitative estimate of drug-likeness (QED) is 0.474. The molecule has 0 aliphatic heterocycles. The molecule has 0 amide bonds. The van der Waals surface area contributed by atoms with E-state index in [9.17, 15) is 4.79 Å². The Bertz CT molecular complexity index is 197. The number of carbonyl (C=O) groups excluding carboxylic acids is 1. The predicted octanol–water partition coefficient (Wildman–Crippen LogP) is 3.31. The van der Waals surface area contributed by atoms with Crippen LogP contribution in [-0.4, -0.2) is 24.3 Å². The molecule has 0 aromatic heterocycles. The second kappa shape index (κ2) is 7.66. The Morgan fingerprint density at radius 3 is 2.38 bits per heavy atom. The molecule has 16 heavy (non-hydrogen) atoms. The number of rotatable bonds is 8. The molecule has 0 N–H and O–H groups in total. The Kier molecular flexibility index (Phi) is 7.39. The molecule has 0 rings (SSSR count). The molecular weight excluding hydrogens is 204 g/mol. The van der Waals surface area contributed by atoms with E-state index in [1.165, 1.54) is 12.8 Å². The van der Waals surface area contributed by atoms with Crippen LogP contribution in [0.4, 0.5) is 0 Å². The molecule has 0 spiro atoms. The summed E-state index contributed by atoms with van der Waals surface area (Å²) in [4.78, 5) is 11.4. The summed E-state index contributed by atoms with van der Waals surface area (Å²) < 4.78 is 10.6. The average molecular weight is 230 g/mol. The van der Waals surface area contributed by atoms with Crippen LogP contribution >= 0.6 is 0 Å². The molecule has 0 saturated heterocycles. The molecule has 3 heteroatoms. The SMILES string of the molecule is CCCCCC(C)(C)OC(=O)COC(C)C. The van der Waals surface area contributed by atoms with Gasteiger partial charge in [0.25, 0.3) is 0 Å². The lowest BCUT2D eigenvalue weighted by atomic mass is 10.0. The lowest BCUT2D eigenvalue weighted by molar-refractivity contribution is -0.163. The average Bonchev–Trinajstić information content (AvgIpc) is 2.14. The van der Waals surface area contributed by atoms with E-state index in [0.717, 1.165) is 12.8 Å². The maximum absolute atomic E-state index is 11.4. The van der Waals surface area contributed by atoms with Gasteiger partial charge in [-0.2, -0.15) is 0 Å². The van der Waals surface area contributed by atoms with E-state index in [1.54, 1.807) is 0 Å². The molecule has 96 valence electrons. The van der Waals surface area contributed by atoms with Crippen molar-refractivity contribution in [1.29, 1.82) is 0 Å². The van der Waals surface area contributed by atoms with Gasteiger partial charge in [0.05, 0.1) is 6.10 Å². The van der Waals surface area contributed by atoms with Gasteiger partial charge in [-0.1, -0.05) is 19.8 Å². The highest BCUT2D eigenvalue weighted by Crippen LogP contribution is 2.18. The Morgan fingerprint density at radius 1 is 1.25 bits per heavy atom. The van der Waals surface area contributed by atoms with Gasteiger partial charge < -0.3 is 9.47 Å². The van der Waals surface area contributed by atoms with Crippen LogP contribution in [0.3, 0.4) is 0 Å². The molecule has 0 aromatic rings.